The standard InChI is InChI=1S/C18H15ClN2O4/c1-2-25-16(23)7-6-15(22)17-18(24)12(10-20)9-14(21-17)11-4-3-5-13(19)8-11/h3-5,8-9,24H,2,6-7H2,1H3. The molecule has 128 valence electrons. The van der Waals surface area contributed by atoms with Crippen LogP contribution >= 0.6 is 11.6 Å². The van der Waals surface area contributed by atoms with Crippen LogP contribution in [0.15, 0.2) is 30.3 Å². The predicted octanol–water partition coefficient (Wildman–Crippen LogP) is 3.51. The van der Waals surface area contributed by atoms with Gasteiger partial charge in [0.15, 0.2) is 11.5 Å². The Morgan fingerprint density at radius 3 is 2.72 bits per heavy atom. The summed E-state index contributed by atoms with van der Waals surface area (Å²) in [5, 5.41) is 19.8. The van der Waals surface area contributed by atoms with Crippen molar-refractivity contribution in [2.24, 2.45) is 0 Å². The molecule has 0 amide bonds. The van der Waals surface area contributed by atoms with Crippen LogP contribution in [-0.2, 0) is 9.53 Å². The normalized spacial score (nSPS) is 10.1. The second-order valence-electron chi connectivity index (χ2n) is 5.10. The molecule has 0 spiro atoms. The minimum absolute atomic E-state index is 0.0792. The molecular formula is C18H15ClN2O4. The van der Waals surface area contributed by atoms with Crippen LogP contribution in [-0.4, -0.2) is 28.4 Å². The highest BCUT2D eigenvalue weighted by molar-refractivity contribution is 6.30. The predicted molar refractivity (Wildman–Crippen MR) is 91.3 cm³/mol. The molecule has 0 fully saturated rings. The molecule has 6 nitrogen and oxygen atoms in total. The molecule has 0 saturated carbocycles. The summed E-state index contributed by atoms with van der Waals surface area (Å²) in [4.78, 5) is 27.9. The molecule has 7 heteroatoms. The van der Waals surface area contributed by atoms with Crippen LogP contribution in [0.5, 0.6) is 5.75 Å². The fourth-order valence-electron chi connectivity index (χ4n) is 2.18. The molecule has 0 radical (unpaired) electrons. The van der Waals surface area contributed by atoms with Crippen LogP contribution < -0.4 is 0 Å². The number of carbonyl (C=O) groups is 2. The molecule has 1 aromatic heterocycles. The number of aromatic hydroxyl groups is 1. The Hall–Kier alpha value is -2.91. The molecule has 25 heavy (non-hydrogen) atoms. The van der Waals surface area contributed by atoms with Crippen molar-refractivity contribution in [3.8, 4) is 23.1 Å². The number of benzene rings is 1. The van der Waals surface area contributed by atoms with Gasteiger partial charge in [-0.1, -0.05) is 23.7 Å². The maximum atomic E-state index is 12.3. The van der Waals surface area contributed by atoms with Gasteiger partial charge in [-0.15, -0.1) is 0 Å². The number of nitrogens with zero attached hydrogens (tertiary/aromatic N) is 2. The third-order valence-corrected chi connectivity index (χ3v) is 3.59. The van der Waals surface area contributed by atoms with Gasteiger partial charge in [-0.25, -0.2) is 4.98 Å². The number of ketones is 1. The van der Waals surface area contributed by atoms with E-state index in [1.165, 1.54) is 6.07 Å². The first-order valence-electron chi connectivity index (χ1n) is 7.55. The zero-order chi connectivity index (χ0) is 18.4. The Balaban J connectivity index is 2.37. The maximum absolute atomic E-state index is 12.3. The molecule has 1 heterocycles. The molecule has 0 saturated heterocycles. The monoisotopic (exact) mass is 358 g/mol. The lowest BCUT2D eigenvalue weighted by Gasteiger charge is -2.09. The van der Waals surface area contributed by atoms with Gasteiger partial charge >= 0.3 is 5.97 Å². The number of esters is 1. The van der Waals surface area contributed by atoms with Gasteiger partial charge in [-0.3, -0.25) is 9.59 Å². The van der Waals surface area contributed by atoms with Crippen molar-refractivity contribution >= 4 is 23.4 Å². The summed E-state index contributed by atoms with van der Waals surface area (Å²) in [6, 6.07) is 9.96. The Morgan fingerprint density at radius 2 is 2.08 bits per heavy atom. The number of carbonyl (C=O) groups excluding carboxylic acids is 2. The highest BCUT2D eigenvalue weighted by Crippen LogP contribution is 2.29. The lowest BCUT2D eigenvalue weighted by Crippen LogP contribution is -2.10. The summed E-state index contributed by atoms with van der Waals surface area (Å²) in [6.45, 7) is 1.89. The average molecular weight is 359 g/mol. The zero-order valence-corrected chi connectivity index (χ0v) is 14.2. The summed E-state index contributed by atoms with van der Waals surface area (Å²) in [6.07, 6.45) is -0.305. The molecule has 0 aliphatic heterocycles. The van der Waals surface area contributed by atoms with E-state index in [1.54, 1.807) is 31.2 Å². The van der Waals surface area contributed by atoms with E-state index in [0.29, 0.717) is 16.3 Å². The van der Waals surface area contributed by atoms with E-state index in [9.17, 15) is 20.0 Å². The third-order valence-electron chi connectivity index (χ3n) is 3.36. The number of nitriles is 1. The molecular weight excluding hydrogens is 344 g/mol. The number of pyridine rings is 1. The summed E-state index contributed by atoms with van der Waals surface area (Å²) in [7, 11) is 0. The van der Waals surface area contributed by atoms with Crippen molar-refractivity contribution in [1.29, 1.82) is 5.26 Å². The van der Waals surface area contributed by atoms with Crippen molar-refractivity contribution in [3.63, 3.8) is 0 Å². The van der Waals surface area contributed by atoms with E-state index in [4.69, 9.17) is 16.3 Å². The third kappa shape index (κ3) is 4.55. The number of ether oxygens (including phenoxy) is 1. The smallest absolute Gasteiger partial charge is 0.306 e. The lowest BCUT2D eigenvalue weighted by atomic mass is 10.0. The van der Waals surface area contributed by atoms with Crippen molar-refractivity contribution in [2.45, 2.75) is 19.8 Å². The Bertz CT molecular complexity index is 859. The van der Waals surface area contributed by atoms with Gasteiger partial charge in [0.05, 0.1) is 24.3 Å². The lowest BCUT2D eigenvalue weighted by molar-refractivity contribution is -0.143. The van der Waals surface area contributed by atoms with Crippen LogP contribution in [0.1, 0.15) is 35.8 Å². The Morgan fingerprint density at radius 1 is 1.32 bits per heavy atom. The van der Waals surface area contributed by atoms with Crippen LogP contribution in [0, 0.1) is 11.3 Å². The van der Waals surface area contributed by atoms with E-state index in [-0.39, 0.29) is 30.7 Å². The van der Waals surface area contributed by atoms with E-state index < -0.39 is 17.5 Å². The quantitative estimate of drug-likeness (QED) is 0.626. The SMILES string of the molecule is CCOC(=O)CCC(=O)c1nc(-c2cccc(Cl)c2)cc(C#N)c1O. The summed E-state index contributed by atoms with van der Waals surface area (Å²) < 4.78 is 4.77. The molecule has 0 atom stereocenters. The topological polar surface area (TPSA) is 100 Å². The van der Waals surface area contributed by atoms with Gasteiger partial charge in [0, 0.05) is 17.0 Å². The minimum Gasteiger partial charge on any atom is -0.504 e. The van der Waals surface area contributed by atoms with Crippen molar-refractivity contribution < 1.29 is 19.4 Å². The van der Waals surface area contributed by atoms with E-state index in [0.717, 1.165) is 0 Å². The zero-order valence-electron chi connectivity index (χ0n) is 13.5. The highest BCUT2D eigenvalue weighted by atomic mass is 35.5. The number of hydrogen-bond acceptors (Lipinski definition) is 6. The van der Waals surface area contributed by atoms with Crippen molar-refractivity contribution in [3.05, 3.63) is 46.6 Å². The summed E-state index contributed by atoms with van der Waals surface area (Å²) in [5.74, 6) is -1.56. The van der Waals surface area contributed by atoms with Crippen LogP contribution in [0.4, 0.5) is 0 Å². The molecule has 1 N–H and O–H groups in total. The molecule has 0 unspecified atom stereocenters. The van der Waals surface area contributed by atoms with Gasteiger partial charge in [0.25, 0.3) is 0 Å². The number of Topliss-reactive ketones (excluding diaryl/α,β-unsaturated/α-hetero) is 1. The molecule has 2 aromatic rings. The van der Waals surface area contributed by atoms with Gasteiger partial charge in [0.1, 0.15) is 11.8 Å². The maximum Gasteiger partial charge on any atom is 0.306 e. The van der Waals surface area contributed by atoms with Gasteiger partial charge in [-0.2, -0.15) is 5.26 Å². The van der Waals surface area contributed by atoms with E-state index >= 15 is 0 Å². The largest absolute Gasteiger partial charge is 0.504 e. The van der Waals surface area contributed by atoms with Gasteiger partial charge < -0.3 is 9.84 Å². The van der Waals surface area contributed by atoms with Gasteiger partial charge in [-0.05, 0) is 25.1 Å². The van der Waals surface area contributed by atoms with Crippen LogP contribution in [0.25, 0.3) is 11.3 Å². The van der Waals surface area contributed by atoms with Crippen molar-refractivity contribution in [2.75, 3.05) is 6.61 Å². The number of hydrogen-bond donors (Lipinski definition) is 1. The number of rotatable bonds is 6. The fraction of sp³-hybridized carbons (Fsp3) is 0.222. The first-order chi connectivity index (χ1) is 12.0. The first kappa shape index (κ1) is 18.4. The fourth-order valence-corrected chi connectivity index (χ4v) is 2.37. The molecule has 0 aliphatic rings. The van der Waals surface area contributed by atoms with Gasteiger partial charge in [0.2, 0.25) is 0 Å². The Kier molecular flexibility index (Phi) is 6.09. The summed E-state index contributed by atoms with van der Waals surface area (Å²) >= 11 is 5.96. The molecule has 1 aromatic carbocycles. The number of aromatic nitrogens is 1. The van der Waals surface area contributed by atoms with E-state index in [1.807, 2.05) is 6.07 Å². The molecule has 0 aliphatic carbocycles. The van der Waals surface area contributed by atoms with Crippen LogP contribution in [0.3, 0.4) is 0 Å². The molecule has 0 bridgehead atoms. The van der Waals surface area contributed by atoms with E-state index in [2.05, 4.69) is 4.98 Å². The number of halogens is 1. The second-order valence-corrected chi connectivity index (χ2v) is 5.54. The Labute approximate surface area is 149 Å². The highest BCUT2D eigenvalue weighted by Gasteiger charge is 2.20. The van der Waals surface area contributed by atoms with Crippen LogP contribution in [0.2, 0.25) is 5.02 Å². The minimum atomic E-state index is -0.550. The second kappa shape index (κ2) is 8.27. The van der Waals surface area contributed by atoms with Crippen molar-refractivity contribution in [1.82, 2.24) is 4.98 Å². The molecule has 2 rings (SSSR count). The summed E-state index contributed by atoms with van der Waals surface area (Å²) in [5.41, 5.74) is 0.600. The first-order valence-corrected chi connectivity index (χ1v) is 7.93. The average Bonchev–Trinajstić information content (AvgIpc) is 2.60.